The Balaban J connectivity index is 1.78. The summed E-state index contributed by atoms with van der Waals surface area (Å²) in [6.07, 6.45) is 1.23. The number of benzene rings is 2. The first-order chi connectivity index (χ1) is 13.5. The van der Waals surface area contributed by atoms with Gasteiger partial charge in [0, 0.05) is 25.3 Å². The number of anilines is 1. The molecule has 0 fully saturated rings. The van der Waals surface area contributed by atoms with E-state index in [1.54, 1.807) is 12.0 Å². The number of carbonyl (C=O) groups is 1. The molecule has 2 aromatic rings. The molecule has 0 aliphatic carbocycles. The van der Waals surface area contributed by atoms with Gasteiger partial charge < -0.3 is 9.64 Å². The SMILES string of the molecule is COc1ccc2c(c1)CN(C(C)C(=O)N(CCC#N)c1ccc(C)cc1)CC2. The van der Waals surface area contributed by atoms with Crippen molar-refractivity contribution in [3.8, 4) is 11.8 Å². The minimum Gasteiger partial charge on any atom is -0.497 e. The van der Waals surface area contributed by atoms with Gasteiger partial charge in [-0.25, -0.2) is 0 Å². The van der Waals surface area contributed by atoms with E-state index >= 15 is 0 Å². The third kappa shape index (κ3) is 4.35. The van der Waals surface area contributed by atoms with E-state index < -0.39 is 0 Å². The van der Waals surface area contributed by atoms with Crippen molar-refractivity contribution in [2.75, 3.05) is 25.1 Å². The van der Waals surface area contributed by atoms with Crippen LogP contribution in [0.1, 0.15) is 30.0 Å². The fourth-order valence-electron chi connectivity index (χ4n) is 3.65. The molecule has 0 aromatic heterocycles. The van der Waals surface area contributed by atoms with Crippen LogP contribution in [0.4, 0.5) is 5.69 Å². The Hall–Kier alpha value is -2.84. The fraction of sp³-hybridized carbons (Fsp3) is 0.391. The van der Waals surface area contributed by atoms with E-state index in [0.29, 0.717) is 13.0 Å². The molecule has 0 bridgehead atoms. The average molecular weight is 377 g/mol. The van der Waals surface area contributed by atoms with Crippen molar-refractivity contribution in [2.24, 2.45) is 0 Å². The summed E-state index contributed by atoms with van der Waals surface area (Å²) in [5, 5.41) is 9.02. The van der Waals surface area contributed by atoms with E-state index in [9.17, 15) is 4.79 Å². The topological polar surface area (TPSA) is 56.6 Å². The molecule has 1 atom stereocenters. The van der Waals surface area contributed by atoms with E-state index in [2.05, 4.69) is 23.1 Å². The summed E-state index contributed by atoms with van der Waals surface area (Å²) in [5.41, 5.74) is 4.52. The first kappa shape index (κ1) is 19.9. The molecule has 0 saturated carbocycles. The minimum atomic E-state index is -0.264. The highest BCUT2D eigenvalue weighted by Gasteiger charge is 2.29. The van der Waals surface area contributed by atoms with Crippen LogP contribution in [0.3, 0.4) is 0 Å². The Kier molecular flexibility index (Phi) is 6.33. The van der Waals surface area contributed by atoms with Gasteiger partial charge in [-0.1, -0.05) is 23.8 Å². The number of aryl methyl sites for hydroxylation is 1. The molecule has 146 valence electrons. The molecule has 1 aliphatic heterocycles. The van der Waals surface area contributed by atoms with E-state index in [1.165, 1.54) is 11.1 Å². The molecule has 28 heavy (non-hydrogen) atoms. The maximum absolute atomic E-state index is 13.3. The van der Waals surface area contributed by atoms with Crippen molar-refractivity contribution >= 4 is 11.6 Å². The van der Waals surface area contributed by atoms with Crippen molar-refractivity contribution in [1.82, 2.24) is 4.90 Å². The molecule has 1 aliphatic rings. The summed E-state index contributed by atoms with van der Waals surface area (Å²) in [7, 11) is 1.67. The average Bonchev–Trinajstić information content (AvgIpc) is 2.73. The first-order valence-electron chi connectivity index (χ1n) is 9.68. The van der Waals surface area contributed by atoms with Gasteiger partial charge in [0.15, 0.2) is 0 Å². The highest BCUT2D eigenvalue weighted by molar-refractivity contribution is 5.97. The number of hydrogen-bond acceptors (Lipinski definition) is 4. The molecule has 0 spiro atoms. The monoisotopic (exact) mass is 377 g/mol. The van der Waals surface area contributed by atoms with Crippen molar-refractivity contribution in [3.63, 3.8) is 0 Å². The number of fused-ring (bicyclic) bond motifs is 1. The summed E-state index contributed by atoms with van der Waals surface area (Å²) in [6.45, 7) is 5.95. The van der Waals surface area contributed by atoms with Gasteiger partial charge in [0.25, 0.3) is 0 Å². The number of ether oxygens (including phenoxy) is 1. The summed E-state index contributed by atoms with van der Waals surface area (Å²) in [6, 6.07) is 16.0. The van der Waals surface area contributed by atoms with Crippen LogP contribution in [-0.4, -0.2) is 37.0 Å². The highest BCUT2D eigenvalue weighted by atomic mass is 16.5. The number of hydrogen-bond donors (Lipinski definition) is 0. The number of rotatable bonds is 6. The molecule has 5 nitrogen and oxygen atoms in total. The Morgan fingerprint density at radius 2 is 2.00 bits per heavy atom. The van der Waals surface area contributed by atoms with Crippen LogP contribution < -0.4 is 9.64 Å². The Labute approximate surface area is 167 Å². The summed E-state index contributed by atoms with van der Waals surface area (Å²) < 4.78 is 5.35. The third-order valence-electron chi connectivity index (χ3n) is 5.42. The van der Waals surface area contributed by atoms with Gasteiger partial charge in [0.2, 0.25) is 5.91 Å². The second-order valence-corrected chi connectivity index (χ2v) is 7.26. The van der Waals surface area contributed by atoms with E-state index in [0.717, 1.165) is 36.5 Å². The minimum absolute atomic E-state index is 0.0328. The van der Waals surface area contributed by atoms with E-state index in [1.807, 2.05) is 44.2 Å². The van der Waals surface area contributed by atoms with Gasteiger partial charge in [-0.3, -0.25) is 9.69 Å². The zero-order valence-electron chi connectivity index (χ0n) is 16.8. The lowest BCUT2D eigenvalue weighted by atomic mass is 9.98. The van der Waals surface area contributed by atoms with Crippen LogP contribution in [0, 0.1) is 18.3 Å². The molecule has 1 unspecified atom stereocenters. The van der Waals surface area contributed by atoms with Gasteiger partial charge >= 0.3 is 0 Å². The number of nitriles is 1. The largest absolute Gasteiger partial charge is 0.497 e. The van der Waals surface area contributed by atoms with Crippen molar-refractivity contribution in [3.05, 3.63) is 59.2 Å². The molecular formula is C23H27N3O2. The standard InChI is InChI=1S/C23H27N3O2/c1-17-5-8-21(9-6-17)26(13-4-12-24)23(27)18(2)25-14-11-19-7-10-22(28-3)15-20(19)16-25/h5-10,15,18H,4,11,13-14,16H2,1-3H3. The molecule has 3 rings (SSSR count). The second kappa shape index (κ2) is 8.90. The Morgan fingerprint density at radius 3 is 2.68 bits per heavy atom. The van der Waals surface area contributed by atoms with Crippen LogP contribution >= 0.6 is 0 Å². The van der Waals surface area contributed by atoms with Gasteiger partial charge in [-0.2, -0.15) is 5.26 Å². The number of nitrogens with zero attached hydrogens (tertiary/aromatic N) is 3. The summed E-state index contributed by atoms with van der Waals surface area (Å²) >= 11 is 0. The van der Waals surface area contributed by atoms with Crippen LogP contribution in [0.5, 0.6) is 5.75 Å². The Bertz CT molecular complexity index is 870. The van der Waals surface area contributed by atoms with Crippen LogP contribution in [0.15, 0.2) is 42.5 Å². The molecule has 5 heteroatoms. The number of methoxy groups -OCH3 is 1. The number of carbonyl (C=O) groups excluding carboxylic acids is 1. The van der Waals surface area contributed by atoms with Gasteiger partial charge in [-0.15, -0.1) is 0 Å². The smallest absolute Gasteiger partial charge is 0.244 e. The lowest BCUT2D eigenvalue weighted by Gasteiger charge is -2.35. The van der Waals surface area contributed by atoms with Crippen LogP contribution in [0.2, 0.25) is 0 Å². The fourth-order valence-corrected chi connectivity index (χ4v) is 3.65. The predicted molar refractivity (Wildman–Crippen MR) is 110 cm³/mol. The van der Waals surface area contributed by atoms with Crippen molar-refractivity contribution in [1.29, 1.82) is 5.26 Å². The molecule has 0 radical (unpaired) electrons. The maximum atomic E-state index is 13.3. The zero-order chi connectivity index (χ0) is 20.1. The third-order valence-corrected chi connectivity index (χ3v) is 5.42. The lowest BCUT2D eigenvalue weighted by Crippen LogP contribution is -2.49. The molecule has 2 aromatic carbocycles. The van der Waals surface area contributed by atoms with E-state index in [4.69, 9.17) is 10.00 Å². The van der Waals surface area contributed by atoms with Crippen molar-refractivity contribution in [2.45, 2.75) is 39.3 Å². The number of amides is 1. The predicted octanol–water partition coefficient (Wildman–Crippen LogP) is 3.70. The highest BCUT2D eigenvalue weighted by Crippen LogP contribution is 2.26. The molecule has 0 N–H and O–H groups in total. The van der Waals surface area contributed by atoms with Crippen LogP contribution in [0.25, 0.3) is 0 Å². The first-order valence-corrected chi connectivity index (χ1v) is 9.68. The summed E-state index contributed by atoms with van der Waals surface area (Å²) in [5.74, 6) is 0.875. The van der Waals surface area contributed by atoms with Gasteiger partial charge in [0.05, 0.1) is 25.6 Å². The normalized spacial score (nSPS) is 14.6. The van der Waals surface area contributed by atoms with Gasteiger partial charge in [-0.05, 0) is 55.7 Å². The maximum Gasteiger partial charge on any atom is 0.244 e. The second-order valence-electron chi connectivity index (χ2n) is 7.26. The quantitative estimate of drug-likeness (QED) is 0.770. The van der Waals surface area contributed by atoms with Crippen molar-refractivity contribution < 1.29 is 9.53 Å². The molecule has 1 heterocycles. The van der Waals surface area contributed by atoms with Gasteiger partial charge in [0.1, 0.15) is 5.75 Å². The van der Waals surface area contributed by atoms with E-state index in [-0.39, 0.29) is 11.9 Å². The molecular weight excluding hydrogens is 350 g/mol. The lowest BCUT2D eigenvalue weighted by molar-refractivity contribution is -0.123. The zero-order valence-corrected chi connectivity index (χ0v) is 16.8. The molecule has 1 amide bonds. The van der Waals surface area contributed by atoms with Crippen LogP contribution in [-0.2, 0) is 17.8 Å². The molecule has 0 saturated heterocycles. The summed E-state index contributed by atoms with van der Waals surface area (Å²) in [4.78, 5) is 17.3. The Morgan fingerprint density at radius 1 is 1.25 bits per heavy atom.